The molecular weight excluding hydrogens is 252 g/mol. The number of carbonyl (C=O) groups is 2. The van der Waals surface area contributed by atoms with Gasteiger partial charge in [-0.25, -0.2) is 4.79 Å². The topological polar surface area (TPSA) is 43.4 Å². The van der Waals surface area contributed by atoms with Crippen molar-refractivity contribution in [2.75, 3.05) is 0 Å². The van der Waals surface area contributed by atoms with Crippen molar-refractivity contribution in [3.63, 3.8) is 0 Å². The number of hydrogen-bond acceptors (Lipinski definition) is 3. The third-order valence-electron chi connectivity index (χ3n) is 3.14. The van der Waals surface area contributed by atoms with E-state index in [1.807, 2.05) is 37.3 Å². The zero-order valence-corrected chi connectivity index (χ0v) is 12.2. The van der Waals surface area contributed by atoms with Crippen LogP contribution in [0.5, 0.6) is 0 Å². The van der Waals surface area contributed by atoms with E-state index >= 15 is 0 Å². The van der Waals surface area contributed by atoms with Gasteiger partial charge in [-0.2, -0.15) is 0 Å². The summed E-state index contributed by atoms with van der Waals surface area (Å²) in [6.07, 6.45) is 6.42. The standard InChI is InChI=1S/C17H22O3/c1-3-5-11-15(4-2)17(19)20-16(18)13-12-14-9-7-6-8-10-14/h6-10,12-13,15H,3-5,11H2,1-2H3. The summed E-state index contributed by atoms with van der Waals surface area (Å²) < 4.78 is 4.86. The fraction of sp³-hybridized carbons (Fsp3) is 0.412. The van der Waals surface area contributed by atoms with Crippen molar-refractivity contribution in [3.05, 3.63) is 42.0 Å². The van der Waals surface area contributed by atoms with E-state index in [4.69, 9.17) is 4.74 Å². The molecule has 1 atom stereocenters. The van der Waals surface area contributed by atoms with Crippen molar-refractivity contribution in [2.45, 2.75) is 39.5 Å². The van der Waals surface area contributed by atoms with Gasteiger partial charge < -0.3 is 4.74 Å². The Morgan fingerprint density at radius 2 is 1.90 bits per heavy atom. The van der Waals surface area contributed by atoms with Crippen LogP contribution in [0.15, 0.2) is 36.4 Å². The molecule has 1 unspecified atom stereocenters. The van der Waals surface area contributed by atoms with Crippen LogP contribution in [0.1, 0.15) is 45.1 Å². The predicted octanol–water partition coefficient (Wildman–Crippen LogP) is 3.99. The first-order valence-corrected chi connectivity index (χ1v) is 7.16. The summed E-state index contributed by atoms with van der Waals surface area (Å²) in [5.41, 5.74) is 0.898. The molecule has 0 saturated carbocycles. The average Bonchev–Trinajstić information content (AvgIpc) is 2.47. The lowest BCUT2D eigenvalue weighted by molar-refractivity contribution is -0.159. The van der Waals surface area contributed by atoms with Gasteiger partial charge in [0.05, 0.1) is 5.92 Å². The number of benzene rings is 1. The largest absolute Gasteiger partial charge is 0.390 e. The van der Waals surface area contributed by atoms with Crippen molar-refractivity contribution in [1.29, 1.82) is 0 Å². The second-order valence-corrected chi connectivity index (χ2v) is 4.73. The van der Waals surface area contributed by atoms with E-state index in [1.54, 1.807) is 6.08 Å². The second-order valence-electron chi connectivity index (χ2n) is 4.73. The van der Waals surface area contributed by atoms with Gasteiger partial charge >= 0.3 is 11.9 Å². The summed E-state index contributed by atoms with van der Waals surface area (Å²) in [5.74, 6) is -1.19. The summed E-state index contributed by atoms with van der Waals surface area (Å²) in [6, 6.07) is 9.42. The van der Waals surface area contributed by atoms with E-state index in [2.05, 4.69) is 6.92 Å². The molecule has 0 saturated heterocycles. The lowest BCUT2D eigenvalue weighted by atomic mass is 10.00. The minimum atomic E-state index is -0.603. The van der Waals surface area contributed by atoms with Crippen molar-refractivity contribution in [3.8, 4) is 0 Å². The quantitative estimate of drug-likeness (QED) is 0.429. The van der Waals surface area contributed by atoms with Gasteiger partial charge in [-0.3, -0.25) is 4.79 Å². The maximum absolute atomic E-state index is 11.8. The first kappa shape index (κ1) is 16.2. The average molecular weight is 274 g/mol. The highest BCUT2D eigenvalue weighted by Crippen LogP contribution is 2.14. The molecule has 0 amide bonds. The minimum absolute atomic E-state index is 0.177. The summed E-state index contributed by atoms with van der Waals surface area (Å²) >= 11 is 0. The lowest BCUT2D eigenvalue weighted by Gasteiger charge is -2.11. The Kier molecular flexibility index (Phi) is 7.33. The van der Waals surface area contributed by atoms with Crippen LogP contribution in [-0.2, 0) is 14.3 Å². The molecule has 0 radical (unpaired) electrons. The van der Waals surface area contributed by atoms with Crippen molar-refractivity contribution >= 4 is 18.0 Å². The van der Waals surface area contributed by atoms with Crippen LogP contribution in [0, 0.1) is 5.92 Å². The molecule has 0 spiro atoms. The highest BCUT2D eigenvalue weighted by molar-refractivity contribution is 5.95. The summed E-state index contributed by atoms with van der Waals surface area (Å²) in [6.45, 7) is 4.01. The van der Waals surface area contributed by atoms with Crippen LogP contribution in [0.25, 0.3) is 6.08 Å². The Labute approximate surface area is 120 Å². The first-order chi connectivity index (χ1) is 9.67. The summed E-state index contributed by atoms with van der Waals surface area (Å²) in [7, 11) is 0. The molecule has 108 valence electrons. The summed E-state index contributed by atoms with van der Waals surface area (Å²) in [5, 5.41) is 0. The Bertz CT molecular complexity index is 449. The summed E-state index contributed by atoms with van der Waals surface area (Å²) in [4.78, 5) is 23.4. The van der Waals surface area contributed by atoms with Gasteiger partial charge in [0.1, 0.15) is 0 Å². The molecule has 0 bridgehead atoms. The van der Waals surface area contributed by atoms with Crippen LogP contribution >= 0.6 is 0 Å². The molecule has 0 aliphatic rings. The van der Waals surface area contributed by atoms with Gasteiger partial charge in [-0.05, 0) is 24.5 Å². The van der Waals surface area contributed by atoms with Gasteiger partial charge in [0.2, 0.25) is 0 Å². The highest BCUT2D eigenvalue weighted by atomic mass is 16.6. The van der Waals surface area contributed by atoms with E-state index < -0.39 is 11.9 Å². The van der Waals surface area contributed by atoms with Crippen LogP contribution in [-0.4, -0.2) is 11.9 Å². The van der Waals surface area contributed by atoms with E-state index in [0.717, 1.165) is 24.8 Å². The Balaban J connectivity index is 2.48. The Morgan fingerprint density at radius 3 is 2.50 bits per heavy atom. The van der Waals surface area contributed by atoms with E-state index in [1.165, 1.54) is 6.08 Å². The van der Waals surface area contributed by atoms with Crippen LogP contribution in [0.4, 0.5) is 0 Å². The number of ether oxygens (including phenoxy) is 1. The third-order valence-corrected chi connectivity index (χ3v) is 3.14. The number of hydrogen-bond donors (Lipinski definition) is 0. The molecule has 0 N–H and O–H groups in total. The Morgan fingerprint density at radius 1 is 1.20 bits per heavy atom. The van der Waals surface area contributed by atoms with Crippen LogP contribution < -0.4 is 0 Å². The smallest absolute Gasteiger partial charge is 0.338 e. The van der Waals surface area contributed by atoms with Crippen molar-refractivity contribution in [2.24, 2.45) is 5.92 Å². The molecule has 0 fully saturated rings. The van der Waals surface area contributed by atoms with Gasteiger partial charge in [0, 0.05) is 6.08 Å². The normalized spacial score (nSPS) is 12.3. The first-order valence-electron chi connectivity index (χ1n) is 7.16. The third kappa shape index (κ3) is 5.83. The van der Waals surface area contributed by atoms with Gasteiger partial charge in [-0.1, -0.05) is 57.0 Å². The number of esters is 2. The number of rotatable bonds is 7. The van der Waals surface area contributed by atoms with E-state index in [-0.39, 0.29) is 5.92 Å². The fourth-order valence-electron chi connectivity index (χ4n) is 1.88. The predicted molar refractivity (Wildman–Crippen MR) is 79.9 cm³/mol. The maximum Gasteiger partial charge on any atom is 0.338 e. The van der Waals surface area contributed by atoms with Crippen molar-refractivity contribution in [1.82, 2.24) is 0 Å². The fourth-order valence-corrected chi connectivity index (χ4v) is 1.88. The van der Waals surface area contributed by atoms with Gasteiger partial charge in [0.25, 0.3) is 0 Å². The molecule has 1 aromatic carbocycles. The molecule has 0 aromatic heterocycles. The molecule has 0 heterocycles. The zero-order valence-electron chi connectivity index (χ0n) is 12.2. The van der Waals surface area contributed by atoms with Crippen LogP contribution in [0.2, 0.25) is 0 Å². The number of carbonyl (C=O) groups excluding carboxylic acids is 2. The van der Waals surface area contributed by atoms with Crippen LogP contribution in [0.3, 0.4) is 0 Å². The molecule has 1 rings (SSSR count). The molecule has 3 nitrogen and oxygen atoms in total. The van der Waals surface area contributed by atoms with Crippen molar-refractivity contribution < 1.29 is 14.3 Å². The zero-order chi connectivity index (χ0) is 14.8. The monoisotopic (exact) mass is 274 g/mol. The number of unbranched alkanes of at least 4 members (excludes halogenated alkanes) is 1. The highest BCUT2D eigenvalue weighted by Gasteiger charge is 2.19. The molecule has 3 heteroatoms. The molecule has 20 heavy (non-hydrogen) atoms. The van der Waals surface area contributed by atoms with Gasteiger partial charge in [0.15, 0.2) is 0 Å². The SMILES string of the molecule is CCCCC(CC)C(=O)OC(=O)C=Cc1ccccc1. The second kappa shape index (κ2) is 9.08. The molecule has 0 aliphatic carbocycles. The molecule has 0 aliphatic heterocycles. The minimum Gasteiger partial charge on any atom is -0.390 e. The maximum atomic E-state index is 11.8. The molecular formula is C17H22O3. The van der Waals surface area contributed by atoms with Gasteiger partial charge in [-0.15, -0.1) is 0 Å². The lowest BCUT2D eigenvalue weighted by Crippen LogP contribution is -2.19. The van der Waals surface area contributed by atoms with E-state index in [0.29, 0.717) is 6.42 Å². The van der Waals surface area contributed by atoms with E-state index in [9.17, 15) is 9.59 Å². The molecule has 1 aromatic rings. The Hall–Kier alpha value is -1.90.